The fourth-order valence-corrected chi connectivity index (χ4v) is 19.0. The number of nitrogens with one attached hydrogen (secondary N) is 4. The number of aliphatic hydroxyl groups is 2. The lowest BCUT2D eigenvalue weighted by molar-refractivity contribution is -0.126. The van der Waals surface area contributed by atoms with Crippen LogP contribution in [0, 0.1) is 52.3 Å². The van der Waals surface area contributed by atoms with E-state index in [-0.39, 0.29) is 69.9 Å². The molecule has 3 aliphatic heterocycles. The number of rotatable bonds is 24. The number of allylic oxidation sites excluding steroid dienone is 3. The lowest BCUT2D eigenvalue weighted by atomic mass is 9.52. The van der Waals surface area contributed by atoms with Gasteiger partial charge in [-0.1, -0.05) is 79.6 Å². The zero-order valence-corrected chi connectivity index (χ0v) is 51.4. The van der Waals surface area contributed by atoms with Crippen molar-refractivity contribution in [1.29, 1.82) is 0 Å². The maximum Gasteiger partial charge on any atom is 0.186 e. The fraction of sp³-hybridized carbons (Fsp3) is 0.597. The number of ketones is 2. The zero-order chi connectivity index (χ0) is 60.0. The predicted molar refractivity (Wildman–Crippen MR) is 343 cm³/mol. The number of hydrogen-bond acceptors (Lipinski definition) is 12. The van der Waals surface area contributed by atoms with Crippen LogP contribution < -0.4 is 43.2 Å². The van der Waals surface area contributed by atoms with Crippen molar-refractivity contribution in [3.05, 3.63) is 136 Å². The van der Waals surface area contributed by atoms with Gasteiger partial charge in [0.1, 0.15) is 5.78 Å². The van der Waals surface area contributed by atoms with Crippen LogP contribution in [0.25, 0.3) is 5.57 Å². The molecule has 5 aliphatic carbocycles. The largest absolute Gasteiger partial charge is 0.504 e. The van der Waals surface area contributed by atoms with Crippen LogP contribution >= 0.6 is 0 Å². The van der Waals surface area contributed by atoms with Gasteiger partial charge in [0.15, 0.2) is 23.2 Å². The molecule has 14 nitrogen and oxygen atoms in total. The van der Waals surface area contributed by atoms with Crippen molar-refractivity contribution in [2.24, 2.45) is 74.4 Å². The Bertz CT molecular complexity index is 3020. The van der Waals surface area contributed by atoms with Crippen LogP contribution in [-0.2, 0) is 35.3 Å². The minimum Gasteiger partial charge on any atom is -0.504 e. The van der Waals surface area contributed by atoms with E-state index in [0.29, 0.717) is 77.6 Å². The van der Waals surface area contributed by atoms with E-state index in [0.717, 1.165) is 140 Å². The third kappa shape index (κ3) is 14.1. The Kier molecular flexibility index (Phi) is 19.8. The first-order valence-corrected chi connectivity index (χ1v) is 33.1. The summed E-state index contributed by atoms with van der Waals surface area (Å²) in [5.41, 5.74) is 26.2. The van der Waals surface area contributed by atoms with Gasteiger partial charge in [0.05, 0.1) is 37.9 Å². The van der Waals surface area contributed by atoms with E-state index in [1.165, 1.54) is 42.7 Å². The number of guanidine groups is 1. The summed E-state index contributed by atoms with van der Waals surface area (Å²) < 4.78 is 5.61. The Balaban J connectivity index is 0.818. The van der Waals surface area contributed by atoms with E-state index in [9.17, 15) is 24.9 Å². The molecule has 8 aliphatic rings. The van der Waals surface area contributed by atoms with Crippen molar-refractivity contribution in [3.63, 3.8) is 0 Å². The number of Topliss-reactive ketones (excluding diaryl/α,β-unsaturated/α-hetero) is 1. The van der Waals surface area contributed by atoms with E-state index in [2.05, 4.69) is 88.0 Å². The molecule has 3 aromatic carbocycles. The number of aliphatic hydroxyl groups excluding tert-OH is 2. The number of aromatic hydroxyl groups is 1. The van der Waals surface area contributed by atoms with Crippen LogP contribution in [-0.4, -0.2) is 103 Å². The molecule has 11 rings (SSSR count). The zero-order valence-electron chi connectivity index (χ0n) is 51.4. The maximum absolute atomic E-state index is 14.6. The van der Waals surface area contributed by atoms with Gasteiger partial charge in [0.25, 0.3) is 0 Å². The molecule has 13 atom stereocenters. The Morgan fingerprint density at radius 2 is 1.67 bits per heavy atom. The topological polar surface area (TPSA) is 243 Å². The summed E-state index contributed by atoms with van der Waals surface area (Å²) in [6, 6.07) is 23.4. The Labute approximate surface area is 511 Å². The molecule has 0 radical (unpaired) electrons. The number of nitrogens with zero attached hydrogens (tertiary/aromatic N) is 1. The summed E-state index contributed by atoms with van der Waals surface area (Å²) in [7, 11) is 1.49. The average molecular weight is 1170 g/mol. The summed E-state index contributed by atoms with van der Waals surface area (Å²) in [5.74, 6) is 3.34. The molecule has 0 bridgehead atoms. The maximum atomic E-state index is 14.6. The fourth-order valence-electron chi connectivity index (χ4n) is 19.0. The number of dihydropyridines is 1. The normalized spacial score (nSPS) is 31.4. The molecule has 1 saturated heterocycles. The van der Waals surface area contributed by atoms with Crippen molar-refractivity contribution in [3.8, 4) is 11.5 Å². The van der Waals surface area contributed by atoms with Crippen molar-refractivity contribution >= 4 is 23.1 Å². The molecule has 1 spiro atoms. The van der Waals surface area contributed by atoms with Crippen LogP contribution in [0.4, 0.5) is 0 Å². The highest BCUT2D eigenvalue weighted by Crippen LogP contribution is 2.71. The number of aliphatic imine (C=N–C) groups is 1. The summed E-state index contributed by atoms with van der Waals surface area (Å²) in [5, 5.41) is 48.4. The van der Waals surface area contributed by atoms with Crippen molar-refractivity contribution in [2.45, 2.75) is 178 Å². The second kappa shape index (κ2) is 27.4. The molecule has 1 unspecified atom stereocenters. The van der Waals surface area contributed by atoms with Gasteiger partial charge in [-0.2, -0.15) is 0 Å². The van der Waals surface area contributed by atoms with E-state index in [4.69, 9.17) is 26.9 Å². The van der Waals surface area contributed by atoms with Crippen LogP contribution in [0.3, 0.4) is 0 Å². The lowest BCUT2D eigenvalue weighted by Gasteiger charge is -2.55. The minimum absolute atomic E-state index is 0.0242. The van der Waals surface area contributed by atoms with Crippen LogP contribution in [0.15, 0.2) is 113 Å². The Morgan fingerprint density at radius 1 is 0.895 bits per heavy atom. The summed E-state index contributed by atoms with van der Waals surface area (Å²) in [4.78, 5) is 34.0. The Morgan fingerprint density at radius 3 is 2.44 bits per heavy atom. The highest BCUT2D eigenvalue weighted by molar-refractivity contribution is 6.08. The standard InChI is InChI=1S/C72H100N8O6/c1-46(82)42-78-66-41-70(40-62-60-22-27-76-43-56(60)30-53-14-9-26-77-68(53)62)37-50(18-20-65(70)72(66)25-21-51(39-72)38-71(80-69(74)75)23-6-7-24-71)29-58(83)35-59(84)32-57(45-81)61-36-64(86-2)63(85)33-54(61)31-55-44-79-67(73)34-52(55)19-17-49-13-8-12-48(28-49)16-15-47-10-4-3-5-11-47/h3-5,8-14,28,32-34,36,44,46,50-51,53,56,60,62,65-68,76-79,81-82,85H,6-7,15-27,29-31,35,37-43,45,73H2,1-2H3,(H4,74,75,80)/b57-32+/t46-,50-,51-,53-,56-,60+,62-,65-,66-,67?,68+,70+,72-/m0/s1. The molecular formula is C72H100N8O6. The van der Waals surface area contributed by atoms with Gasteiger partial charge in [-0.15, -0.1) is 0 Å². The van der Waals surface area contributed by atoms with Crippen LogP contribution in [0.5, 0.6) is 11.5 Å². The Hall–Kier alpha value is -5.61. The molecule has 464 valence electrons. The molecule has 14 heteroatoms. The first-order chi connectivity index (χ1) is 41.6. The number of fused-ring (bicyclic) bond motifs is 4. The first-order valence-electron chi connectivity index (χ1n) is 33.1. The number of benzene rings is 3. The first kappa shape index (κ1) is 62.0. The number of methoxy groups -OCH3 is 1. The van der Waals surface area contributed by atoms with E-state index >= 15 is 0 Å². The van der Waals surface area contributed by atoms with Gasteiger partial charge in [0.2, 0.25) is 0 Å². The van der Waals surface area contributed by atoms with Gasteiger partial charge in [-0.25, -0.2) is 4.99 Å². The van der Waals surface area contributed by atoms with Gasteiger partial charge in [-0.3, -0.25) is 9.59 Å². The number of aryl methyl sites for hydroxylation is 3. The lowest BCUT2D eigenvalue weighted by Crippen LogP contribution is -2.57. The van der Waals surface area contributed by atoms with E-state index < -0.39 is 12.7 Å². The predicted octanol–water partition coefficient (Wildman–Crippen LogP) is 9.04. The SMILES string of the molecule is COc1cc(/C(=C/C(=O)CC(=O)C[C@@H]2CC[C@H]3[C@@](C[C@H]4[C@@H]5CCNC[C@@H]5C[C@@H]5C=CCN[C@@H]45)(C2)C[C@H](NC[C@H](C)O)[C@]32CC[C@@H](CC3(N=C(N)N)CCCC3)C2)CO)c(CC2=CNC(N)C=C2CCc2cccc(CCc3ccccc3)c2)cc1O. The summed E-state index contributed by atoms with van der Waals surface area (Å²) in [6.45, 7) is 5.02. The van der Waals surface area contributed by atoms with Gasteiger partial charge in [-0.05, 0) is 257 Å². The monoisotopic (exact) mass is 1170 g/mol. The number of phenols is 1. The number of phenolic OH excluding ortho intramolecular Hbond substituents is 1. The van der Waals surface area contributed by atoms with Crippen molar-refractivity contribution in [2.75, 3.05) is 39.9 Å². The highest BCUT2D eigenvalue weighted by atomic mass is 16.5. The van der Waals surface area contributed by atoms with Crippen molar-refractivity contribution < 1.29 is 29.6 Å². The number of hydrogen-bond donors (Lipinski definition) is 10. The molecule has 5 saturated carbocycles. The number of ether oxygens (including phenoxy) is 1. The number of nitrogens with two attached hydrogens (primary N) is 3. The van der Waals surface area contributed by atoms with Crippen molar-refractivity contribution in [1.82, 2.24) is 21.3 Å². The number of carbonyl (C=O) groups excluding carboxylic acids is 2. The smallest absolute Gasteiger partial charge is 0.186 e. The molecular weight excluding hydrogens is 1070 g/mol. The summed E-state index contributed by atoms with van der Waals surface area (Å²) in [6.07, 6.45) is 29.7. The number of piperidine rings is 1. The third-order valence-corrected chi connectivity index (χ3v) is 22.4. The third-order valence-electron chi connectivity index (χ3n) is 22.4. The molecule has 6 fully saturated rings. The minimum atomic E-state index is -0.471. The van der Waals surface area contributed by atoms with Crippen LogP contribution in [0.2, 0.25) is 0 Å². The number of carbonyl (C=O) groups is 2. The molecule has 0 aromatic heterocycles. The quantitative estimate of drug-likeness (QED) is 0.0133. The second-order valence-electron chi connectivity index (χ2n) is 28.1. The van der Waals surface area contributed by atoms with E-state index in [1.807, 2.05) is 19.2 Å². The molecule has 13 N–H and O–H groups in total. The second-order valence-corrected chi connectivity index (χ2v) is 28.1. The molecule has 86 heavy (non-hydrogen) atoms. The van der Waals surface area contributed by atoms with Gasteiger partial charge < -0.3 is 58.5 Å². The van der Waals surface area contributed by atoms with E-state index in [1.54, 1.807) is 12.1 Å². The molecule has 3 heterocycles. The summed E-state index contributed by atoms with van der Waals surface area (Å²) >= 11 is 0. The van der Waals surface area contributed by atoms with Gasteiger partial charge in [0, 0.05) is 37.8 Å². The van der Waals surface area contributed by atoms with Crippen LogP contribution in [0.1, 0.15) is 150 Å². The highest BCUT2D eigenvalue weighted by Gasteiger charge is 2.66. The molecule has 0 amide bonds. The average Bonchev–Trinajstić information content (AvgIpc) is 1.54. The van der Waals surface area contributed by atoms with Gasteiger partial charge >= 0.3 is 0 Å². The molecule has 3 aromatic rings.